The van der Waals surface area contributed by atoms with E-state index in [0.29, 0.717) is 15.9 Å². The van der Waals surface area contributed by atoms with Gasteiger partial charge in [0.2, 0.25) is 0 Å². The van der Waals surface area contributed by atoms with Crippen molar-refractivity contribution in [3.63, 3.8) is 0 Å². The number of anilines is 3. The molecule has 154 valence electrons. The molecule has 0 radical (unpaired) electrons. The van der Waals surface area contributed by atoms with Crippen molar-refractivity contribution in [2.45, 2.75) is 13.3 Å². The topological polar surface area (TPSA) is 65.8 Å². The van der Waals surface area contributed by atoms with Gasteiger partial charge >= 0.3 is 0 Å². The molecule has 2 amide bonds. The van der Waals surface area contributed by atoms with Crippen molar-refractivity contribution in [3.8, 4) is 0 Å². The molecule has 0 spiro atoms. The summed E-state index contributed by atoms with van der Waals surface area (Å²) in [7, 11) is 1.62. The van der Waals surface area contributed by atoms with E-state index in [1.807, 2.05) is 12.1 Å². The van der Waals surface area contributed by atoms with Crippen LogP contribution in [0.15, 0.2) is 63.7 Å². The van der Waals surface area contributed by atoms with E-state index in [-0.39, 0.29) is 17.6 Å². The normalized spacial score (nSPS) is 12.6. The predicted molar refractivity (Wildman–Crippen MR) is 122 cm³/mol. The van der Waals surface area contributed by atoms with Crippen molar-refractivity contribution in [1.82, 2.24) is 0 Å². The van der Waals surface area contributed by atoms with Gasteiger partial charge in [-0.2, -0.15) is 0 Å². The molecule has 0 saturated carbocycles. The third kappa shape index (κ3) is 3.85. The molecule has 0 fully saturated rings. The number of furan rings is 1. The zero-order valence-corrected chi connectivity index (χ0v) is 18.4. The number of likely N-dealkylation sites (N-methyl/N-ethyl adjacent to an activating group) is 1. The summed E-state index contributed by atoms with van der Waals surface area (Å²) < 4.78 is 5.84. The van der Waals surface area contributed by atoms with E-state index in [1.165, 1.54) is 16.2 Å². The van der Waals surface area contributed by atoms with Gasteiger partial charge in [-0.25, -0.2) is 0 Å². The fourth-order valence-corrected chi connectivity index (χ4v) is 4.02. The zero-order chi connectivity index (χ0) is 21.3. The predicted octanol–water partition coefficient (Wildman–Crippen LogP) is 4.95. The monoisotopic (exact) mass is 467 g/mol. The summed E-state index contributed by atoms with van der Waals surface area (Å²) in [6, 6.07) is 16.3. The van der Waals surface area contributed by atoms with Crippen molar-refractivity contribution < 1.29 is 14.0 Å². The highest BCUT2D eigenvalue weighted by Crippen LogP contribution is 2.31. The number of fused-ring (bicyclic) bond motifs is 1. The van der Waals surface area contributed by atoms with E-state index >= 15 is 0 Å². The molecular weight excluding hydrogens is 446 g/mol. The molecule has 4 rings (SSSR count). The Bertz CT molecular complexity index is 1110. The van der Waals surface area contributed by atoms with Crippen molar-refractivity contribution in [3.05, 3.63) is 76.2 Å². The molecule has 1 aromatic heterocycles. The van der Waals surface area contributed by atoms with Gasteiger partial charge in [0.1, 0.15) is 0 Å². The molecule has 1 aliphatic heterocycles. The van der Waals surface area contributed by atoms with Crippen molar-refractivity contribution in [2.24, 2.45) is 0 Å². The standard InChI is InChI=1S/C23H22BrN3O3/c1-3-27-13-12-15-8-9-16(14-19(15)27)25-22(28)17-6-4-5-7-18(17)26(2)23(29)20-10-11-21(24)30-20/h4-11,14H,3,12-13H2,1-2H3,(H,25,28). The van der Waals surface area contributed by atoms with Gasteiger partial charge in [-0.05, 0) is 71.2 Å². The number of nitrogens with zero attached hydrogens (tertiary/aromatic N) is 2. The molecule has 2 heterocycles. The highest BCUT2D eigenvalue weighted by Gasteiger charge is 2.23. The Kier molecular flexibility index (Phi) is 5.63. The molecule has 3 aromatic rings. The fraction of sp³-hybridized carbons (Fsp3) is 0.217. The maximum Gasteiger partial charge on any atom is 0.293 e. The molecule has 30 heavy (non-hydrogen) atoms. The quantitative estimate of drug-likeness (QED) is 0.576. The molecule has 1 aliphatic rings. The van der Waals surface area contributed by atoms with Crippen LogP contribution in [0.5, 0.6) is 0 Å². The SMILES string of the molecule is CCN1CCc2ccc(NC(=O)c3ccccc3N(C)C(=O)c3ccc(Br)o3)cc21. The Morgan fingerprint density at radius 1 is 1.17 bits per heavy atom. The van der Waals surface area contributed by atoms with Gasteiger partial charge in [0.05, 0.1) is 11.3 Å². The van der Waals surface area contributed by atoms with Crippen molar-refractivity contribution in [1.29, 1.82) is 0 Å². The highest BCUT2D eigenvalue weighted by atomic mass is 79.9. The van der Waals surface area contributed by atoms with E-state index in [2.05, 4.69) is 39.1 Å². The highest BCUT2D eigenvalue weighted by molar-refractivity contribution is 9.10. The summed E-state index contributed by atoms with van der Waals surface area (Å²) >= 11 is 3.21. The molecule has 2 aromatic carbocycles. The van der Waals surface area contributed by atoms with E-state index in [4.69, 9.17) is 4.42 Å². The molecule has 6 nitrogen and oxygen atoms in total. The number of halogens is 1. The van der Waals surface area contributed by atoms with Crippen LogP contribution < -0.4 is 15.1 Å². The summed E-state index contributed by atoms with van der Waals surface area (Å²) in [5, 5.41) is 2.98. The lowest BCUT2D eigenvalue weighted by atomic mass is 10.1. The third-order valence-corrected chi connectivity index (χ3v) is 5.74. The summed E-state index contributed by atoms with van der Waals surface area (Å²) in [6.45, 7) is 4.06. The largest absolute Gasteiger partial charge is 0.444 e. The second-order valence-corrected chi connectivity index (χ2v) is 7.89. The van der Waals surface area contributed by atoms with Crippen LogP contribution >= 0.6 is 15.9 Å². The van der Waals surface area contributed by atoms with E-state index in [0.717, 1.165) is 25.2 Å². The lowest BCUT2D eigenvalue weighted by Crippen LogP contribution is -2.28. The first-order valence-electron chi connectivity index (χ1n) is 9.79. The smallest absolute Gasteiger partial charge is 0.293 e. The Morgan fingerprint density at radius 3 is 2.70 bits per heavy atom. The molecule has 0 aliphatic carbocycles. The van der Waals surface area contributed by atoms with Gasteiger partial charge in [0, 0.05) is 31.5 Å². The van der Waals surface area contributed by atoms with E-state index in [1.54, 1.807) is 43.4 Å². The summed E-state index contributed by atoms with van der Waals surface area (Å²) in [5.41, 5.74) is 4.11. The molecule has 0 atom stereocenters. The van der Waals surface area contributed by atoms with Gasteiger partial charge in [0.25, 0.3) is 11.8 Å². The molecule has 7 heteroatoms. The Morgan fingerprint density at radius 2 is 1.97 bits per heavy atom. The van der Waals surface area contributed by atoms with Crippen LogP contribution in [0.3, 0.4) is 0 Å². The number of benzene rings is 2. The number of para-hydroxylation sites is 1. The minimum absolute atomic E-state index is 0.192. The zero-order valence-electron chi connectivity index (χ0n) is 16.8. The number of amides is 2. The average molecular weight is 468 g/mol. The molecule has 0 saturated heterocycles. The third-order valence-electron chi connectivity index (χ3n) is 5.32. The number of carbonyl (C=O) groups excluding carboxylic acids is 2. The molecule has 1 N–H and O–H groups in total. The van der Waals surface area contributed by atoms with Crippen LogP contribution in [0.25, 0.3) is 0 Å². The van der Waals surface area contributed by atoms with Gasteiger partial charge < -0.3 is 19.5 Å². The summed E-state index contributed by atoms with van der Waals surface area (Å²) in [5.74, 6) is -0.415. The second kappa shape index (κ2) is 8.36. The van der Waals surface area contributed by atoms with Crippen LogP contribution in [0.2, 0.25) is 0 Å². The average Bonchev–Trinajstić information content (AvgIpc) is 3.38. The van der Waals surface area contributed by atoms with Gasteiger partial charge in [-0.3, -0.25) is 9.59 Å². The number of hydrogen-bond donors (Lipinski definition) is 1. The van der Waals surface area contributed by atoms with Crippen LogP contribution in [0, 0.1) is 0 Å². The Hall–Kier alpha value is -3.06. The van der Waals surface area contributed by atoms with Gasteiger partial charge in [0.15, 0.2) is 10.4 Å². The molecule has 0 unspecified atom stereocenters. The van der Waals surface area contributed by atoms with Crippen LogP contribution in [-0.2, 0) is 6.42 Å². The van der Waals surface area contributed by atoms with E-state index < -0.39 is 0 Å². The molecular formula is C23H22BrN3O3. The lowest BCUT2D eigenvalue weighted by molar-refractivity contribution is 0.0965. The maximum atomic E-state index is 13.1. The lowest BCUT2D eigenvalue weighted by Gasteiger charge is -2.20. The first kappa shape index (κ1) is 20.2. The van der Waals surface area contributed by atoms with E-state index in [9.17, 15) is 9.59 Å². The fourth-order valence-electron chi connectivity index (χ4n) is 3.71. The van der Waals surface area contributed by atoms with Crippen LogP contribution in [-0.4, -0.2) is 32.0 Å². The first-order chi connectivity index (χ1) is 14.5. The number of nitrogens with one attached hydrogen (secondary N) is 1. The second-order valence-electron chi connectivity index (χ2n) is 7.11. The summed E-state index contributed by atoms with van der Waals surface area (Å²) in [4.78, 5) is 29.5. The Balaban J connectivity index is 1.58. The first-order valence-corrected chi connectivity index (χ1v) is 10.6. The van der Waals surface area contributed by atoms with Crippen molar-refractivity contribution >= 4 is 44.8 Å². The minimum Gasteiger partial charge on any atom is -0.444 e. The van der Waals surface area contributed by atoms with Crippen LogP contribution in [0.1, 0.15) is 33.4 Å². The maximum absolute atomic E-state index is 13.1. The molecule has 0 bridgehead atoms. The van der Waals surface area contributed by atoms with Crippen LogP contribution in [0.4, 0.5) is 17.1 Å². The number of carbonyl (C=O) groups is 2. The number of hydrogen-bond acceptors (Lipinski definition) is 4. The summed E-state index contributed by atoms with van der Waals surface area (Å²) in [6.07, 6.45) is 1.02. The number of rotatable bonds is 5. The minimum atomic E-state index is -0.336. The van der Waals surface area contributed by atoms with Gasteiger partial charge in [-0.15, -0.1) is 0 Å². The Labute approximate surface area is 183 Å². The van der Waals surface area contributed by atoms with Crippen molar-refractivity contribution in [2.75, 3.05) is 35.3 Å². The van der Waals surface area contributed by atoms with Gasteiger partial charge in [-0.1, -0.05) is 18.2 Å².